The highest BCUT2D eigenvalue weighted by molar-refractivity contribution is 6.35. The van der Waals surface area contributed by atoms with Gasteiger partial charge >= 0.3 is 6.01 Å². The number of hydrogen-bond acceptors (Lipinski definition) is 5. The minimum atomic E-state index is -0.00868. The predicted molar refractivity (Wildman–Crippen MR) is 58.5 cm³/mol. The fraction of sp³-hybridized carbons (Fsp3) is 0. The van der Waals surface area contributed by atoms with Crippen molar-refractivity contribution in [2.75, 3.05) is 11.1 Å². The van der Waals surface area contributed by atoms with Crippen LogP contribution in [-0.4, -0.2) is 10.1 Å². The third-order valence-electron chi connectivity index (χ3n) is 1.56. The largest absolute Gasteiger partial charge is 0.351 e. The molecule has 2 aromatic rings. The monoisotopic (exact) mass is 244 g/mol. The van der Waals surface area contributed by atoms with E-state index in [-0.39, 0.29) is 12.0 Å². The number of halogens is 2. The van der Waals surface area contributed by atoms with Crippen LogP contribution in [0.5, 0.6) is 0 Å². The minimum Gasteiger partial charge on any atom is -0.351 e. The molecular weight excluding hydrogens is 239 g/mol. The summed E-state index contributed by atoms with van der Waals surface area (Å²) in [5.74, 6) is 0.255. The molecule has 15 heavy (non-hydrogen) atoms. The van der Waals surface area contributed by atoms with Gasteiger partial charge < -0.3 is 15.6 Å². The van der Waals surface area contributed by atoms with E-state index in [4.69, 9.17) is 28.9 Å². The molecule has 0 bridgehead atoms. The molecule has 1 aromatic carbocycles. The molecule has 0 atom stereocenters. The Kier molecular flexibility index (Phi) is 2.66. The summed E-state index contributed by atoms with van der Waals surface area (Å²) in [4.78, 5) is 3.77. The van der Waals surface area contributed by atoms with Crippen molar-refractivity contribution in [3.8, 4) is 0 Å². The number of nitrogen functional groups attached to an aromatic ring is 1. The number of anilines is 3. The number of benzene rings is 1. The Labute approximate surface area is 95.2 Å². The number of aromatic nitrogens is 2. The van der Waals surface area contributed by atoms with Crippen LogP contribution < -0.4 is 11.1 Å². The van der Waals surface area contributed by atoms with Gasteiger partial charge in [-0.15, -0.1) is 0 Å². The lowest BCUT2D eigenvalue weighted by atomic mass is 10.3. The standard InChI is InChI=1S/C8H6Cl2N4O/c9-4-1-5(10)3-6(2-4)12-8-13-7(11)15-14-8/h1-3H,(H3,11,12,13,14). The maximum Gasteiger partial charge on any atom is 0.320 e. The van der Waals surface area contributed by atoms with Crippen molar-refractivity contribution >= 4 is 40.9 Å². The second kappa shape index (κ2) is 3.96. The van der Waals surface area contributed by atoms with Crippen molar-refractivity contribution in [3.05, 3.63) is 28.2 Å². The molecule has 0 fully saturated rings. The van der Waals surface area contributed by atoms with Gasteiger partial charge in [0.15, 0.2) is 0 Å². The summed E-state index contributed by atoms with van der Waals surface area (Å²) in [6.45, 7) is 0. The van der Waals surface area contributed by atoms with Gasteiger partial charge in [0.05, 0.1) is 0 Å². The zero-order chi connectivity index (χ0) is 10.8. The highest BCUT2D eigenvalue weighted by Crippen LogP contribution is 2.24. The topological polar surface area (TPSA) is 77.0 Å². The van der Waals surface area contributed by atoms with Gasteiger partial charge in [0.2, 0.25) is 0 Å². The fourth-order valence-corrected chi connectivity index (χ4v) is 1.57. The molecule has 2 rings (SSSR count). The van der Waals surface area contributed by atoms with Gasteiger partial charge in [0.25, 0.3) is 5.95 Å². The molecule has 0 spiro atoms. The van der Waals surface area contributed by atoms with Crippen molar-refractivity contribution in [1.82, 2.24) is 10.1 Å². The Bertz CT molecular complexity index is 465. The molecule has 0 radical (unpaired) electrons. The summed E-state index contributed by atoms with van der Waals surface area (Å²) in [7, 11) is 0. The van der Waals surface area contributed by atoms with E-state index in [2.05, 4.69) is 20.0 Å². The lowest BCUT2D eigenvalue weighted by molar-refractivity contribution is 0.437. The summed E-state index contributed by atoms with van der Waals surface area (Å²) < 4.78 is 4.59. The van der Waals surface area contributed by atoms with E-state index in [0.717, 1.165) is 0 Å². The van der Waals surface area contributed by atoms with E-state index >= 15 is 0 Å². The minimum absolute atomic E-state index is 0.00868. The third kappa shape index (κ3) is 2.51. The molecule has 78 valence electrons. The SMILES string of the molecule is Nc1nc(Nc2cc(Cl)cc(Cl)c2)no1. The lowest BCUT2D eigenvalue weighted by Crippen LogP contribution is -1.92. The van der Waals surface area contributed by atoms with Crippen LogP contribution in [0.25, 0.3) is 0 Å². The molecule has 0 saturated heterocycles. The fourth-order valence-electron chi connectivity index (χ4n) is 1.04. The van der Waals surface area contributed by atoms with Gasteiger partial charge in [-0.05, 0) is 23.4 Å². The van der Waals surface area contributed by atoms with E-state index < -0.39 is 0 Å². The maximum absolute atomic E-state index is 5.81. The van der Waals surface area contributed by atoms with E-state index in [0.29, 0.717) is 15.7 Å². The second-order valence-corrected chi connectivity index (χ2v) is 3.61. The Morgan fingerprint density at radius 3 is 2.40 bits per heavy atom. The van der Waals surface area contributed by atoms with Gasteiger partial charge in [-0.2, -0.15) is 4.98 Å². The number of rotatable bonds is 2. The van der Waals surface area contributed by atoms with Crippen LogP contribution in [0.1, 0.15) is 0 Å². The maximum atomic E-state index is 5.81. The summed E-state index contributed by atoms with van der Waals surface area (Å²) in [6, 6.07) is 4.98. The van der Waals surface area contributed by atoms with Gasteiger partial charge in [0.1, 0.15) is 0 Å². The van der Waals surface area contributed by atoms with Crippen molar-refractivity contribution in [2.24, 2.45) is 0 Å². The highest BCUT2D eigenvalue weighted by atomic mass is 35.5. The van der Waals surface area contributed by atoms with Gasteiger partial charge in [-0.1, -0.05) is 23.2 Å². The number of nitrogens with one attached hydrogen (secondary N) is 1. The average molecular weight is 245 g/mol. The van der Waals surface area contributed by atoms with Gasteiger partial charge in [-0.3, -0.25) is 0 Å². The van der Waals surface area contributed by atoms with E-state index in [1.54, 1.807) is 18.2 Å². The second-order valence-electron chi connectivity index (χ2n) is 2.74. The summed E-state index contributed by atoms with van der Waals surface area (Å²) >= 11 is 11.6. The molecular formula is C8H6Cl2N4O. The molecule has 1 heterocycles. The predicted octanol–water partition coefficient (Wildman–Crippen LogP) is 2.70. The number of nitrogens with zero attached hydrogens (tertiary/aromatic N) is 2. The molecule has 5 nitrogen and oxygen atoms in total. The summed E-state index contributed by atoms with van der Waals surface area (Å²) in [5.41, 5.74) is 5.92. The molecule has 7 heteroatoms. The van der Waals surface area contributed by atoms with Gasteiger partial charge in [0, 0.05) is 15.7 Å². The zero-order valence-corrected chi connectivity index (χ0v) is 8.88. The molecule has 0 aliphatic rings. The lowest BCUT2D eigenvalue weighted by Gasteiger charge is -2.02. The van der Waals surface area contributed by atoms with E-state index in [1.807, 2.05) is 0 Å². The van der Waals surface area contributed by atoms with Crippen molar-refractivity contribution in [3.63, 3.8) is 0 Å². The van der Waals surface area contributed by atoms with Crippen molar-refractivity contribution in [1.29, 1.82) is 0 Å². The molecule has 3 N–H and O–H groups in total. The molecule has 1 aromatic heterocycles. The smallest absolute Gasteiger partial charge is 0.320 e. The Morgan fingerprint density at radius 1 is 1.20 bits per heavy atom. The first-order chi connectivity index (χ1) is 7.13. The molecule has 0 aliphatic carbocycles. The first kappa shape index (κ1) is 10.1. The molecule has 0 saturated carbocycles. The van der Waals surface area contributed by atoms with Gasteiger partial charge in [-0.25, -0.2) is 0 Å². The first-order valence-corrected chi connectivity index (χ1v) is 4.71. The average Bonchev–Trinajstić information content (AvgIpc) is 2.49. The van der Waals surface area contributed by atoms with Crippen LogP contribution in [0.15, 0.2) is 22.7 Å². The third-order valence-corrected chi connectivity index (χ3v) is 2.00. The first-order valence-electron chi connectivity index (χ1n) is 3.96. The van der Waals surface area contributed by atoms with Crippen LogP contribution in [0.2, 0.25) is 10.0 Å². The Balaban J connectivity index is 2.24. The highest BCUT2D eigenvalue weighted by Gasteiger charge is 2.04. The van der Waals surface area contributed by atoms with Crippen LogP contribution in [0.3, 0.4) is 0 Å². The van der Waals surface area contributed by atoms with Crippen molar-refractivity contribution < 1.29 is 4.52 Å². The summed E-state index contributed by atoms with van der Waals surface area (Å²) in [5, 5.41) is 7.43. The van der Waals surface area contributed by atoms with Crippen LogP contribution in [0, 0.1) is 0 Å². The Morgan fingerprint density at radius 2 is 1.87 bits per heavy atom. The number of nitrogens with two attached hydrogens (primary N) is 1. The van der Waals surface area contributed by atoms with Crippen LogP contribution >= 0.6 is 23.2 Å². The quantitative estimate of drug-likeness (QED) is 0.850. The van der Waals surface area contributed by atoms with E-state index in [9.17, 15) is 0 Å². The molecule has 0 aliphatic heterocycles. The molecule has 0 amide bonds. The van der Waals surface area contributed by atoms with Crippen LogP contribution in [-0.2, 0) is 0 Å². The Hall–Kier alpha value is -1.46. The van der Waals surface area contributed by atoms with Crippen molar-refractivity contribution in [2.45, 2.75) is 0 Å². The summed E-state index contributed by atoms with van der Waals surface area (Å²) in [6.07, 6.45) is 0. The van der Waals surface area contributed by atoms with Crippen LogP contribution in [0.4, 0.5) is 17.7 Å². The molecule has 0 unspecified atom stereocenters. The normalized spacial score (nSPS) is 10.3. The zero-order valence-electron chi connectivity index (χ0n) is 7.37. The number of hydrogen-bond donors (Lipinski definition) is 2. The van der Waals surface area contributed by atoms with E-state index in [1.165, 1.54) is 0 Å².